The van der Waals surface area contributed by atoms with Crippen molar-refractivity contribution >= 4 is 23.7 Å². The van der Waals surface area contributed by atoms with Crippen LogP contribution in [0.1, 0.15) is 74.4 Å². The summed E-state index contributed by atoms with van der Waals surface area (Å²) in [6, 6.07) is 8.63. The minimum Gasteiger partial charge on any atom is -0.497 e. The molecule has 3 N–H and O–H groups in total. The number of amides is 3. The lowest BCUT2D eigenvalue weighted by molar-refractivity contribution is -0.175. The topological polar surface area (TPSA) is 123 Å². The fraction of sp³-hybridized carbons (Fsp3) is 0.436. The second-order valence-corrected chi connectivity index (χ2v) is 14.4. The molecule has 2 unspecified atom stereocenters. The van der Waals surface area contributed by atoms with Gasteiger partial charge in [0.15, 0.2) is 0 Å². The fourth-order valence-electron chi connectivity index (χ4n) is 5.75. The molecule has 0 aliphatic carbocycles. The number of Topliss-reactive ketones (excluding diaryl/α,β-unsaturated/α-hetero) is 1. The van der Waals surface area contributed by atoms with E-state index in [1.165, 1.54) is 69.5 Å². The van der Waals surface area contributed by atoms with E-state index in [-0.39, 0.29) is 29.5 Å². The van der Waals surface area contributed by atoms with Crippen LogP contribution in [0.15, 0.2) is 72.8 Å². The Balaban J connectivity index is 2.13. The van der Waals surface area contributed by atoms with Gasteiger partial charge in [-0.25, -0.2) is 4.79 Å². The number of hydrogen-bond acceptors (Lipinski definition) is 6. The average Bonchev–Trinajstić information content (AvgIpc) is 3.09. The van der Waals surface area contributed by atoms with E-state index in [1.54, 1.807) is 20.8 Å². The first kappa shape index (κ1) is 46.1. The Morgan fingerprint density at radius 3 is 1.79 bits per heavy atom. The normalized spacial score (nSPS) is 14.5. The molecule has 0 fully saturated rings. The molecule has 0 aromatic heterocycles. The highest BCUT2D eigenvalue weighted by Crippen LogP contribution is 2.44. The van der Waals surface area contributed by atoms with Crippen molar-refractivity contribution in [3.63, 3.8) is 0 Å². The SMILES string of the molecule is COc1ccc([C@H](NC(=O)C(Cc2ccc(CNC(=O)OC(C)(C)C)cc2)C(c2cccc(C(F)(F)F)c2)C(F)(F)F)C(=O)N[C@H](C(=O)C(F)(F)F)C(C)C)cc1. The van der Waals surface area contributed by atoms with Crippen molar-refractivity contribution in [1.29, 1.82) is 0 Å². The van der Waals surface area contributed by atoms with Crippen LogP contribution < -0.4 is 20.7 Å². The maximum absolute atomic E-state index is 15.1. The smallest absolute Gasteiger partial charge is 0.452 e. The number of carbonyl (C=O) groups excluding carboxylic acids is 4. The van der Waals surface area contributed by atoms with Gasteiger partial charge in [0.25, 0.3) is 5.78 Å². The molecule has 0 heterocycles. The minimum atomic E-state index is -5.39. The molecule has 3 amide bonds. The summed E-state index contributed by atoms with van der Waals surface area (Å²) < 4.78 is 137. The Morgan fingerprint density at radius 1 is 0.719 bits per heavy atom. The quantitative estimate of drug-likeness (QED) is 0.141. The van der Waals surface area contributed by atoms with Crippen LogP contribution in [0, 0.1) is 11.8 Å². The number of methoxy groups -OCH3 is 1. The van der Waals surface area contributed by atoms with Crippen LogP contribution in [0.4, 0.5) is 44.3 Å². The van der Waals surface area contributed by atoms with Crippen molar-refractivity contribution in [2.75, 3.05) is 7.11 Å². The molecule has 0 bridgehead atoms. The van der Waals surface area contributed by atoms with Crippen molar-refractivity contribution in [2.45, 2.75) is 89.7 Å². The first-order valence-corrected chi connectivity index (χ1v) is 17.4. The van der Waals surface area contributed by atoms with Crippen molar-refractivity contribution < 1.29 is 68.2 Å². The number of carbonyl (C=O) groups is 4. The zero-order chi connectivity index (χ0) is 43.1. The Morgan fingerprint density at radius 2 is 1.30 bits per heavy atom. The number of halogens is 9. The Kier molecular flexibility index (Phi) is 14.8. The lowest BCUT2D eigenvalue weighted by Gasteiger charge is -2.31. The van der Waals surface area contributed by atoms with Crippen molar-refractivity contribution in [2.24, 2.45) is 11.8 Å². The van der Waals surface area contributed by atoms with Gasteiger partial charge in [-0.15, -0.1) is 0 Å². The highest BCUT2D eigenvalue weighted by molar-refractivity contribution is 5.96. The standard InChI is InChI=1S/C39H42F9N3O6/c1-21(2)30(32(52)39(46,47)48)50-34(54)31(24-14-16-27(56-6)17-15-24)51-33(53)28(29(38(43,44)45)25-8-7-9-26(19-25)37(40,41)42)18-22-10-12-23(13-11-22)20-49-35(55)57-36(3,4)5/h7-17,19,21,28-31H,18,20H2,1-6H3,(H,49,55)(H,50,54)(H,51,53)/t28?,29?,30-,31-/m0/s1. The summed E-state index contributed by atoms with van der Waals surface area (Å²) in [7, 11) is 1.29. The predicted molar refractivity (Wildman–Crippen MR) is 189 cm³/mol. The van der Waals surface area contributed by atoms with Gasteiger partial charge < -0.3 is 25.4 Å². The van der Waals surface area contributed by atoms with Crippen molar-refractivity contribution in [3.05, 3.63) is 101 Å². The van der Waals surface area contributed by atoms with E-state index in [4.69, 9.17) is 9.47 Å². The van der Waals surface area contributed by atoms with Crippen LogP contribution in [0.25, 0.3) is 0 Å². The summed E-state index contributed by atoms with van der Waals surface area (Å²) in [4.78, 5) is 52.3. The zero-order valence-corrected chi connectivity index (χ0v) is 31.6. The van der Waals surface area contributed by atoms with Crippen LogP contribution >= 0.6 is 0 Å². The third-order valence-corrected chi connectivity index (χ3v) is 8.50. The van der Waals surface area contributed by atoms with Crippen LogP contribution in [0.2, 0.25) is 0 Å². The number of rotatable bonds is 14. The number of benzene rings is 3. The molecule has 312 valence electrons. The first-order valence-electron chi connectivity index (χ1n) is 17.4. The maximum Gasteiger partial charge on any atom is 0.452 e. The highest BCUT2D eigenvalue weighted by Gasteiger charge is 2.50. The van der Waals surface area contributed by atoms with E-state index < -0.39 is 95.2 Å². The molecule has 4 atom stereocenters. The van der Waals surface area contributed by atoms with E-state index in [1.807, 2.05) is 5.32 Å². The second kappa shape index (κ2) is 18.3. The molecular formula is C39H42F9N3O6. The summed E-state index contributed by atoms with van der Waals surface area (Å²) in [6.07, 6.45) is -17.4. The Hall–Kier alpha value is -5.29. The number of hydrogen-bond donors (Lipinski definition) is 3. The van der Waals surface area contributed by atoms with Gasteiger partial charge in [0.1, 0.15) is 17.4 Å². The minimum absolute atomic E-state index is 0.0681. The van der Waals surface area contributed by atoms with E-state index in [0.29, 0.717) is 11.6 Å². The lowest BCUT2D eigenvalue weighted by Crippen LogP contribution is -2.53. The van der Waals surface area contributed by atoms with Crippen LogP contribution in [-0.4, -0.2) is 54.8 Å². The summed E-state index contributed by atoms with van der Waals surface area (Å²) in [5.74, 6) is -11.3. The maximum atomic E-state index is 15.1. The Bertz CT molecular complexity index is 1850. The van der Waals surface area contributed by atoms with Gasteiger partial charge in [-0.05, 0) is 73.6 Å². The van der Waals surface area contributed by atoms with E-state index >= 15 is 13.2 Å². The van der Waals surface area contributed by atoms with E-state index in [9.17, 15) is 45.5 Å². The molecule has 0 aliphatic rings. The largest absolute Gasteiger partial charge is 0.497 e. The summed E-state index contributed by atoms with van der Waals surface area (Å²) in [6.45, 7) is 7.27. The molecule has 0 saturated heterocycles. The van der Waals surface area contributed by atoms with Gasteiger partial charge >= 0.3 is 24.6 Å². The molecule has 3 aromatic rings. The molecule has 3 rings (SSSR count). The first-order chi connectivity index (χ1) is 26.2. The number of alkyl halides is 9. The van der Waals surface area contributed by atoms with Gasteiger partial charge in [0.05, 0.1) is 30.6 Å². The molecule has 57 heavy (non-hydrogen) atoms. The van der Waals surface area contributed by atoms with Gasteiger partial charge in [0, 0.05) is 6.54 Å². The fourth-order valence-corrected chi connectivity index (χ4v) is 5.75. The lowest BCUT2D eigenvalue weighted by atomic mass is 9.80. The molecule has 0 spiro atoms. The van der Waals surface area contributed by atoms with Gasteiger partial charge in [-0.3, -0.25) is 14.4 Å². The molecule has 3 aromatic carbocycles. The molecule has 0 saturated carbocycles. The monoisotopic (exact) mass is 819 g/mol. The second-order valence-electron chi connectivity index (χ2n) is 14.4. The summed E-state index contributed by atoms with van der Waals surface area (Å²) in [5.41, 5.74) is -2.77. The predicted octanol–water partition coefficient (Wildman–Crippen LogP) is 8.37. The molecule has 0 aliphatic heterocycles. The summed E-state index contributed by atoms with van der Waals surface area (Å²) >= 11 is 0. The highest BCUT2D eigenvalue weighted by atomic mass is 19.4. The van der Waals surface area contributed by atoms with Crippen LogP contribution in [-0.2, 0) is 38.3 Å². The zero-order valence-electron chi connectivity index (χ0n) is 31.6. The van der Waals surface area contributed by atoms with Gasteiger partial charge in [0.2, 0.25) is 11.8 Å². The third kappa shape index (κ3) is 13.4. The Labute approximate surface area is 322 Å². The van der Waals surface area contributed by atoms with Gasteiger partial charge in [-0.2, -0.15) is 39.5 Å². The van der Waals surface area contributed by atoms with Crippen molar-refractivity contribution in [1.82, 2.24) is 16.0 Å². The molecule has 18 heteroatoms. The van der Waals surface area contributed by atoms with Crippen LogP contribution in [0.5, 0.6) is 5.75 Å². The number of nitrogens with one attached hydrogen (secondary N) is 3. The van der Waals surface area contributed by atoms with E-state index in [2.05, 4.69) is 10.6 Å². The summed E-state index contributed by atoms with van der Waals surface area (Å²) in [5, 5.41) is 6.64. The van der Waals surface area contributed by atoms with Gasteiger partial charge in [-0.1, -0.05) is 68.4 Å². The molecule has 9 nitrogen and oxygen atoms in total. The third-order valence-electron chi connectivity index (χ3n) is 8.50. The molecule has 0 radical (unpaired) electrons. The van der Waals surface area contributed by atoms with E-state index in [0.717, 1.165) is 12.1 Å². The van der Waals surface area contributed by atoms with Crippen LogP contribution in [0.3, 0.4) is 0 Å². The van der Waals surface area contributed by atoms with Crippen molar-refractivity contribution in [3.8, 4) is 5.75 Å². The molecular weight excluding hydrogens is 777 g/mol. The average molecular weight is 820 g/mol. The number of alkyl carbamates (subject to hydrolysis) is 1. The number of ether oxygens (including phenoxy) is 2. The number of ketones is 1.